The fourth-order valence-electron chi connectivity index (χ4n) is 2.23. The Hall–Kier alpha value is 0.0300. The van der Waals surface area contributed by atoms with Gasteiger partial charge >= 0.3 is 0 Å². The molecule has 1 rings (SSSR count). The van der Waals surface area contributed by atoms with Crippen LogP contribution in [-0.4, -0.2) is 5.88 Å². The molecule has 0 nitrogen and oxygen atoms in total. The van der Waals surface area contributed by atoms with Gasteiger partial charge in [-0.05, 0) is 25.7 Å². The first-order chi connectivity index (χ1) is 6.33. The third kappa shape index (κ3) is 4.71. The van der Waals surface area contributed by atoms with E-state index in [4.69, 9.17) is 11.6 Å². The van der Waals surface area contributed by atoms with Gasteiger partial charge in [-0.15, -0.1) is 11.6 Å². The summed E-state index contributed by atoms with van der Waals surface area (Å²) in [6, 6.07) is 0. The zero-order valence-corrected chi connectivity index (χ0v) is 9.45. The van der Waals surface area contributed by atoms with E-state index in [0.717, 1.165) is 18.2 Å². The number of hydrogen-bond donors (Lipinski definition) is 0. The van der Waals surface area contributed by atoms with E-state index < -0.39 is 0 Å². The minimum atomic E-state index is 0.766. The molecule has 0 bridgehead atoms. The molecule has 1 heteroatoms. The molecule has 1 aliphatic rings. The average molecular weight is 201 g/mol. The van der Waals surface area contributed by atoms with Gasteiger partial charge in [-0.3, -0.25) is 0 Å². The monoisotopic (exact) mass is 200 g/mol. The second-order valence-corrected chi connectivity index (χ2v) is 4.61. The third-order valence-corrected chi connectivity index (χ3v) is 3.16. The first-order valence-electron chi connectivity index (χ1n) is 5.54. The molecule has 13 heavy (non-hydrogen) atoms. The normalized spacial score (nSPS) is 20.6. The zero-order chi connectivity index (χ0) is 9.52. The van der Waals surface area contributed by atoms with Crippen LogP contribution in [0.15, 0.2) is 11.6 Å². The molecule has 0 radical (unpaired) electrons. The molecule has 0 heterocycles. The van der Waals surface area contributed by atoms with Crippen LogP contribution in [0.5, 0.6) is 0 Å². The first-order valence-corrected chi connectivity index (χ1v) is 6.08. The second kappa shape index (κ2) is 6.48. The van der Waals surface area contributed by atoms with Crippen LogP contribution >= 0.6 is 11.6 Å². The zero-order valence-electron chi connectivity index (χ0n) is 8.69. The van der Waals surface area contributed by atoms with Crippen LogP contribution < -0.4 is 0 Å². The van der Waals surface area contributed by atoms with Crippen molar-refractivity contribution < 1.29 is 0 Å². The predicted molar refractivity (Wildman–Crippen MR) is 60.3 cm³/mol. The summed E-state index contributed by atoms with van der Waals surface area (Å²) in [7, 11) is 0. The molecule has 0 N–H and O–H groups in total. The molecule has 0 spiro atoms. The summed E-state index contributed by atoms with van der Waals surface area (Å²) >= 11 is 5.64. The summed E-state index contributed by atoms with van der Waals surface area (Å²) in [5.74, 6) is 1.74. The molecular weight excluding hydrogens is 180 g/mol. The molecule has 0 atom stereocenters. The number of rotatable bonds is 4. The number of alkyl halides is 1. The fraction of sp³-hybridized carbons (Fsp3) is 0.833. The van der Waals surface area contributed by atoms with Crippen molar-refractivity contribution in [3.63, 3.8) is 0 Å². The van der Waals surface area contributed by atoms with Gasteiger partial charge in [-0.1, -0.05) is 43.8 Å². The van der Waals surface area contributed by atoms with Crippen LogP contribution in [0.1, 0.15) is 51.9 Å². The van der Waals surface area contributed by atoms with Crippen molar-refractivity contribution in [3.8, 4) is 0 Å². The summed E-state index contributed by atoms with van der Waals surface area (Å²) in [6.45, 7) is 2.25. The van der Waals surface area contributed by atoms with Crippen molar-refractivity contribution in [2.45, 2.75) is 51.9 Å². The highest BCUT2D eigenvalue weighted by Crippen LogP contribution is 2.28. The molecule has 76 valence electrons. The van der Waals surface area contributed by atoms with Crippen LogP contribution in [0, 0.1) is 5.92 Å². The van der Waals surface area contributed by atoms with Gasteiger partial charge < -0.3 is 0 Å². The Morgan fingerprint density at radius 1 is 1.31 bits per heavy atom. The lowest BCUT2D eigenvalue weighted by molar-refractivity contribution is 0.356. The quantitative estimate of drug-likeness (QED) is 0.462. The maximum absolute atomic E-state index is 5.64. The topological polar surface area (TPSA) is 0 Å². The van der Waals surface area contributed by atoms with E-state index in [-0.39, 0.29) is 0 Å². The number of halogens is 1. The Balaban J connectivity index is 2.21. The molecule has 1 fully saturated rings. The molecule has 1 saturated carbocycles. The fourth-order valence-corrected chi connectivity index (χ4v) is 2.34. The molecule has 0 aromatic carbocycles. The Labute approximate surface area is 87.4 Å². The van der Waals surface area contributed by atoms with Crippen molar-refractivity contribution in [2.24, 2.45) is 5.92 Å². The lowest BCUT2D eigenvalue weighted by atomic mass is 9.85. The largest absolute Gasteiger partial charge is 0.126 e. The van der Waals surface area contributed by atoms with Crippen LogP contribution in [0.2, 0.25) is 0 Å². The lowest BCUT2D eigenvalue weighted by Gasteiger charge is -2.21. The van der Waals surface area contributed by atoms with Crippen LogP contribution in [0.4, 0.5) is 0 Å². The Kier molecular flexibility index (Phi) is 5.54. The van der Waals surface area contributed by atoms with E-state index in [1.165, 1.54) is 38.5 Å². The van der Waals surface area contributed by atoms with Crippen LogP contribution in [0.3, 0.4) is 0 Å². The smallest absolute Gasteiger partial charge is 0.0258 e. The second-order valence-electron chi connectivity index (χ2n) is 4.24. The molecule has 0 amide bonds. The van der Waals surface area contributed by atoms with Crippen LogP contribution in [-0.2, 0) is 0 Å². The van der Waals surface area contributed by atoms with Gasteiger partial charge in [0, 0.05) is 5.88 Å². The Morgan fingerprint density at radius 2 is 2.00 bits per heavy atom. The van der Waals surface area contributed by atoms with E-state index in [9.17, 15) is 0 Å². The van der Waals surface area contributed by atoms with Gasteiger partial charge in [-0.2, -0.15) is 0 Å². The summed E-state index contributed by atoms with van der Waals surface area (Å²) in [5, 5.41) is 0. The first kappa shape index (κ1) is 11.1. The van der Waals surface area contributed by atoms with E-state index in [1.54, 1.807) is 5.57 Å². The number of allylic oxidation sites excluding steroid dienone is 2. The van der Waals surface area contributed by atoms with E-state index in [1.807, 2.05) is 0 Å². The maximum Gasteiger partial charge on any atom is 0.0258 e. The average Bonchev–Trinajstić information content (AvgIpc) is 2.16. The summed E-state index contributed by atoms with van der Waals surface area (Å²) < 4.78 is 0. The SMILES string of the molecule is CC(=CCCCl)CC1CCCCC1. The van der Waals surface area contributed by atoms with Crippen molar-refractivity contribution in [2.75, 3.05) is 5.88 Å². The highest BCUT2D eigenvalue weighted by molar-refractivity contribution is 6.17. The summed E-state index contributed by atoms with van der Waals surface area (Å²) in [4.78, 5) is 0. The number of hydrogen-bond acceptors (Lipinski definition) is 0. The maximum atomic E-state index is 5.64. The van der Waals surface area contributed by atoms with Gasteiger partial charge in [-0.25, -0.2) is 0 Å². The Bertz CT molecular complexity index is 155. The molecule has 0 aromatic heterocycles. The van der Waals surface area contributed by atoms with Gasteiger partial charge in [0.05, 0.1) is 0 Å². The van der Waals surface area contributed by atoms with E-state index in [2.05, 4.69) is 13.0 Å². The van der Waals surface area contributed by atoms with Crippen molar-refractivity contribution in [1.82, 2.24) is 0 Å². The van der Waals surface area contributed by atoms with Gasteiger partial charge in [0.1, 0.15) is 0 Å². The third-order valence-electron chi connectivity index (χ3n) is 2.94. The van der Waals surface area contributed by atoms with E-state index in [0.29, 0.717) is 0 Å². The minimum absolute atomic E-state index is 0.766. The highest BCUT2D eigenvalue weighted by Gasteiger charge is 2.12. The standard InChI is InChI=1S/C12H21Cl/c1-11(6-5-9-13)10-12-7-3-2-4-8-12/h6,12H,2-5,7-10H2,1H3. The summed E-state index contributed by atoms with van der Waals surface area (Å²) in [5.41, 5.74) is 1.55. The van der Waals surface area contributed by atoms with Crippen LogP contribution in [0.25, 0.3) is 0 Å². The van der Waals surface area contributed by atoms with Gasteiger partial charge in [0.15, 0.2) is 0 Å². The molecule has 0 saturated heterocycles. The molecule has 0 unspecified atom stereocenters. The molecular formula is C12H21Cl. The van der Waals surface area contributed by atoms with Gasteiger partial charge in [0.2, 0.25) is 0 Å². The predicted octanol–water partition coefficient (Wildman–Crippen LogP) is 4.53. The summed E-state index contributed by atoms with van der Waals surface area (Å²) in [6.07, 6.45) is 11.9. The molecule has 0 aliphatic heterocycles. The molecule has 0 aromatic rings. The highest BCUT2D eigenvalue weighted by atomic mass is 35.5. The lowest BCUT2D eigenvalue weighted by Crippen LogP contribution is -2.06. The van der Waals surface area contributed by atoms with Gasteiger partial charge in [0.25, 0.3) is 0 Å². The Morgan fingerprint density at radius 3 is 2.62 bits per heavy atom. The molecule has 1 aliphatic carbocycles. The van der Waals surface area contributed by atoms with E-state index >= 15 is 0 Å². The van der Waals surface area contributed by atoms with Crippen molar-refractivity contribution in [3.05, 3.63) is 11.6 Å². The van der Waals surface area contributed by atoms with Crippen molar-refractivity contribution >= 4 is 11.6 Å². The minimum Gasteiger partial charge on any atom is -0.126 e. The van der Waals surface area contributed by atoms with Crippen molar-refractivity contribution in [1.29, 1.82) is 0 Å².